The lowest BCUT2D eigenvalue weighted by Gasteiger charge is -2.31. The molecule has 3 N–H and O–H groups in total. The smallest absolute Gasteiger partial charge is 0.224 e. The molecule has 1 aliphatic rings. The van der Waals surface area contributed by atoms with Crippen LogP contribution in [-0.4, -0.2) is 34.8 Å². The molecular weight excluding hydrogens is 211 g/mol. The summed E-state index contributed by atoms with van der Waals surface area (Å²) in [5, 5.41) is 14.8. The van der Waals surface area contributed by atoms with E-state index in [1.807, 2.05) is 0 Å². The number of aliphatic hydroxyl groups is 1. The second-order valence-corrected chi connectivity index (χ2v) is 4.01. The first-order chi connectivity index (χ1) is 7.69. The summed E-state index contributed by atoms with van der Waals surface area (Å²) in [5.74, 6) is 0.541. The number of nitrogens with one attached hydrogen (secondary N) is 2. The van der Waals surface area contributed by atoms with E-state index >= 15 is 0 Å². The fourth-order valence-electron chi connectivity index (χ4n) is 1.72. The highest BCUT2D eigenvalue weighted by atomic mass is 19.1. The molecule has 0 aliphatic heterocycles. The van der Waals surface area contributed by atoms with Crippen LogP contribution in [-0.2, 0) is 0 Å². The normalized spacial score (nSPS) is 23.7. The summed E-state index contributed by atoms with van der Waals surface area (Å²) in [5.41, 5.74) is 0. The Morgan fingerprint density at radius 3 is 2.94 bits per heavy atom. The summed E-state index contributed by atoms with van der Waals surface area (Å²) in [4.78, 5) is 7.72. The average Bonchev–Trinajstić information content (AvgIpc) is 2.25. The quantitative estimate of drug-likeness (QED) is 0.709. The van der Waals surface area contributed by atoms with Crippen LogP contribution in [0.4, 0.5) is 16.2 Å². The van der Waals surface area contributed by atoms with Gasteiger partial charge < -0.3 is 15.7 Å². The number of aliphatic hydroxyl groups excluding tert-OH is 1. The highest BCUT2D eigenvalue weighted by Gasteiger charge is 2.26. The first kappa shape index (κ1) is 11.1. The van der Waals surface area contributed by atoms with Crippen LogP contribution in [0, 0.1) is 11.7 Å². The molecule has 0 saturated heterocycles. The molecule has 0 amide bonds. The van der Waals surface area contributed by atoms with Gasteiger partial charge in [-0.1, -0.05) is 0 Å². The fourth-order valence-corrected chi connectivity index (χ4v) is 1.72. The molecule has 0 aromatic carbocycles. The average molecular weight is 226 g/mol. The zero-order valence-electron chi connectivity index (χ0n) is 9.07. The molecule has 1 fully saturated rings. The van der Waals surface area contributed by atoms with Gasteiger partial charge in [0.2, 0.25) is 5.95 Å². The zero-order valence-corrected chi connectivity index (χ0v) is 9.07. The zero-order chi connectivity index (χ0) is 11.5. The van der Waals surface area contributed by atoms with Crippen LogP contribution < -0.4 is 10.6 Å². The van der Waals surface area contributed by atoms with E-state index in [1.54, 1.807) is 7.05 Å². The molecule has 2 rings (SSSR count). The minimum Gasteiger partial charge on any atom is -0.393 e. The number of hydrogen-bond donors (Lipinski definition) is 3. The maximum atomic E-state index is 13.3. The summed E-state index contributed by atoms with van der Waals surface area (Å²) in [6.07, 6.45) is 2.50. The molecule has 0 bridgehead atoms. The summed E-state index contributed by atoms with van der Waals surface area (Å²) in [6, 6.07) is 0. The van der Waals surface area contributed by atoms with Crippen LogP contribution in [0.25, 0.3) is 0 Å². The van der Waals surface area contributed by atoms with Crippen molar-refractivity contribution in [3.05, 3.63) is 12.0 Å². The van der Waals surface area contributed by atoms with Crippen molar-refractivity contribution in [2.24, 2.45) is 5.92 Å². The first-order valence-corrected chi connectivity index (χ1v) is 5.31. The van der Waals surface area contributed by atoms with Crippen LogP contribution in [0.5, 0.6) is 0 Å². The van der Waals surface area contributed by atoms with Crippen molar-refractivity contribution in [2.75, 3.05) is 24.2 Å². The van der Waals surface area contributed by atoms with Gasteiger partial charge in [-0.3, -0.25) is 0 Å². The van der Waals surface area contributed by atoms with Gasteiger partial charge in [0.25, 0.3) is 0 Å². The van der Waals surface area contributed by atoms with E-state index < -0.39 is 5.82 Å². The third-order valence-corrected chi connectivity index (χ3v) is 2.74. The van der Waals surface area contributed by atoms with Crippen molar-refractivity contribution >= 4 is 11.8 Å². The van der Waals surface area contributed by atoms with Gasteiger partial charge in [-0.2, -0.15) is 4.98 Å². The number of aromatic nitrogens is 2. The Hall–Kier alpha value is -1.43. The predicted octanol–water partition coefficient (Wildman–Crippen LogP) is 0.840. The van der Waals surface area contributed by atoms with Gasteiger partial charge in [-0.15, -0.1) is 0 Å². The topological polar surface area (TPSA) is 70.1 Å². The minimum atomic E-state index is -0.459. The number of anilines is 2. The second-order valence-electron chi connectivity index (χ2n) is 4.01. The Labute approximate surface area is 93.1 Å². The molecule has 1 aromatic heterocycles. The van der Waals surface area contributed by atoms with Gasteiger partial charge in [0, 0.05) is 13.6 Å². The number of nitrogens with zero attached hydrogens (tertiary/aromatic N) is 2. The lowest BCUT2D eigenvalue weighted by molar-refractivity contribution is 0.0486. The van der Waals surface area contributed by atoms with Crippen LogP contribution in [0.15, 0.2) is 6.20 Å². The van der Waals surface area contributed by atoms with Gasteiger partial charge in [0.15, 0.2) is 11.6 Å². The first-order valence-electron chi connectivity index (χ1n) is 5.31. The molecule has 16 heavy (non-hydrogen) atoms. The van der Waals surface area contributed by atoms with Crippen LogP contribution in [0.2, 0.25) is 0 Å². The van der Waals surface area contributed by atoms with Gasteiger partial charge in [0.1, 0.15) is 0 Å². The monoisotopic (exact) mass is 226 g/mol. The third-order valence-electron chi connectivity index (χ3n) is 2.74. The van der Waals surface area contributed by atoms with E-state index in [2.05, 4.69) is 20.6 Å². The molecule has 1 saturated carbocycles. The van der Waals surface area contributed by atoms with Crippen molar-refractivity contribution in [2.45, 2.75) is 18.9 Å². The Bertz CT molecular complexity index is 368. The summed E-state index contributed by atoms with van der Waals surface area (Å²) < 4.78 is 13.3. The van der Waals surface area contributed by atoms with Crippen molar-refractivity contribution in [1.82, 2.24) is 9.97 Å². The standard InChI is InChI=1S/C10H15FN4O/c1-12-10-14-5-8(11)9(15-10)13-4-6-2-7(16)3-6/h5-7,16H,2-4H2,1H3,(H2,12,13,14,15). The molecule has 1 aromatic rings. The van der Waals surface area contributed by atoms with E-state index in [4.69, 9.17) is 5.11 Å². The largest absolute Gasteiger partial charge is 0.393 e. The molecule has 6 heteroatoms. The van der Waals surface area contributed by atoms with Crippen LogP contribution in [0.1, 0.15) is 12.8 Å². The van der Waals surface area contributed by atoms with Gasteiger partial charge in [0.05, 0.1) is 12.3 Å². The molecule has 5 nitrogen and oxygen atoms in total. The van der Waals surface area contributed by atoms with Crippen LogP contribution in [0.3, 0.4) is 0 Å². The lowest BCUT2D eigenvalue weighted by atomic mass is 9.82. The maximum Gasteiger partial charge on any atom is 0.224 e. The predicted molar refractivity (Wildman–Crippen MR) is 58.8 cm³/mol. The van der Waals surface area contributed by atoms with Crippen molar-refractivity contribution < 1.29 is 9.50 Å². The molecule has 88 valence electrons. The molecule has 0 atom stereocenters. The van der Waals surface area contributed by atoms with E-state index in [9.17, 15) is 4.39 Å². The molecule has 1 aliphatic carbocycles. The van der Waals surface area contributed by atoms with Gasteiger partial charge in [-0.25, -0.2) is 9.37 Å². The summed E-state index contributed by atoms with van der Waals surface area (Å²) in [7, 11) is 1.68. The molecule has 1 heterocycles. The van der Waals surface area contributed by atoms with Crippen LogP contribution >= 0.6 is 0 Å². The Kier molecular flexibility index (Phi) is 3.19. The second kappa shape index (κ2) is 4.61. The SMILES string of the molecule is CNc1ncc(F)c(NCC2CC(O)C2)n1. The highest BCUT2D eigenvalue weighted by molar-refractivity contribution is 5.40. The molecule has 0 spiro atoms. The number of hydrogen-bond acceptors (Lipinski definition) is 5. The van der Waals surface area contributed by atoms with E-state index in [0.29, 0.717) is 18.4 Å². The summed E-state index contributed by atoms with van der Waals surface area (Å²) >= 11 is 0. The maximum absolute atomic E-state index is 13.3. The molecule has 0 radical (unpaired) electrons. The fraction of sp³-hybridized carbons (Fsp3) is 0.600. The minimum absolute atomic E-state index is 0.185. The van der Waals surface area contributed by atoms with E-state index in [-0.39, 0.29) is 11.9 Å². The van der Waals surface area contributed by atoms with E-state index in [1.165, 1.54) is 0 Å². The van der Waals surface area contributed by atoms with Gasteiger partial charge >= 0.3 is 0 Å². The lowest BCUT2D eigenvalue weighted by Crippen LogP contribution is -2.33. The molecule has 0 unspecified atom stereocenters. The molecular formula is C10H15FN4O. The highest BCUT2D eigenvalue weighted by Crippen LogP contribution is 2.27. The van der Waals surface area contributed by atoms with Crippen molar-refractivity contribution in [1.29, 1.82) is 0 Å². The number of rotatable bonds is 4. The summed E-state index contributed by atoms with van der Waals surface area (Å²) in [6.45, 7) is 0.633. The van der Waals surface area contributed by atoms with E-state index in [0.717, 1.165) is 19.0 Å². The Morgan fingerprint density at radius 1 is 1.56 bits per heavy atom. The number of halogens is 1. The Morgan fingerprint density at radius 2 is 2.31 bits per heavy atom. The van der Waals surface area contributed by atoms with Crippen molar-refractivity contribution in [3.63, 3.8) is 0 Å². The van der Waals surface area contributed by atoms with Gasteiger partial charge in [-0.05, 0) is 18.8 Å². The van der Waals surface area contributed by atoms with Crippen molar-refractivity contribution in [3.8, 4) is 0 Å². The Balaban J connectivity index is 1.92. The third kappa shape index (κ3) is 2.38.